The third kappa shape index (κ3) is 2.86. The smallest absolute Gasteiger partial charge is 0.322 e. The van der Waals surface area contributed by atoms with Crippen molar-refractivity contribution in [3.63, 3.8) is 0 Å². The lowest BCUT2D eigenvalue weighted by Crippen LogP contribution is -2.44. The molecule has 3 aromatic rings. The SMILES string of the molecule is Cc1ccccc1NC(=O)N1CCn2cccc2C1c1ccccc1F. The molecular weight excluding hydrogens is 329 g/mol. The highest BCUT2D eigenvalue weighted by Gasteiger charge is 2.33. The molecule has 0 saturated heterocycles. The molecule has 4 nitrogen and oxygen atoms in total. The predicted molar refractivity (Wildman–Crippen MR) is 99.6 cm³/mol. The molecule has 2 aromatic carbocycles. The van der Waals surface area contributed by atoms with Gasteiger partial charge in [0.2, 0.25) is 0 Å². The van der Waals surface area contributed by atoms with E-state index in [1.165, 1.54) is 6.07 Å². The van der Waals surface area contributed by atoms with Gasteiger partial charge in [0.05, 0.1) is 0 Å². The molecule has 0 aliphatic carbocycles. The van der Waals surface area contributed by atoms with Crippen molar-refractivity contribution in [2.75, 3.05) is 11.9 Å². The summed E-state index contributed by atoms with van der Waals surface area (Å²) in [6, 6.07) is 17.5. The van der Waals surface area contributed by atoms with Crippen LogP contribution < -0.4 is 5.32 Å². The van der Waals surface area contributed by atoms with Crippen LogP contribution in [0, 0.1) is 12.7 Å². The molecule has 1 N–H and O–H groups in total. The largest absolute Gasteiger partial charge is 0.348 e. The predicted octanol–water partition coefficient (Wildman–Crippen LogP) is 4.57. The Kier molecular flexibility index (Phi) is 4.21. The van der Waals surface area contributed by atoms with E-state index in [4.69, 9.17) is 0 Å². The summed E-state index contributed by atoms with van der Waals surface area (Å²) in [6.07, 6.45) is 1.97. The van der Waals surface area contributed by atoms with Gasteiger partial charge in [0.1, 0.15) is 11.9 Å². The number of carbonyl (C=O) groups is 1. The van der Waals surface area contributed by atoms with Gasteiger partial charge in [-0.25, -0.2) is 9.18 Å². The summed E-state index contributed by atoms with van der Waals surface area (Å²) in [6.45, 7) is 3.15. The fourth-order valence-electron chi connectivity index (χ4n) is 3.53. The summed E-state index contributed by atoms with van der Waals surface area (Å²) < 4.78 is 16.6. The standard InChI is InChI=1S/C21H20FN3O/c1-15-7-2-5-10-18(15)23-21(26)25-14-13-24-12-6-11-19(24)20(25)16-8-3-4-9-17(16)22/h2-12,20H,13-14H2,1H3,(H,23,26). The Morgan fingerprint density at radius 2 is 1.81 bits per heavy atom. The Balaban J connectivity index is 1.71. The van der Waals surface area contributed by atoms with Crippen molar-refractivity contribution in [3.05, 3.63) is 89.5 Å². The van der Waals surface area contributed by atoms with E-state index in [1.807, 2.05) is 49.5 Å². The maximum atomic E-state index is 14.5. The third-order valence-corrected chi connectivity index (χ3v) is 4.89. The van der Waals surface area contributed by atoms with Crippen LogP contribution in [-0.2, 0) is 6.54 Å². The van der Waals surface area contributed by atoms with E-state index in [-0.39, 0.29) is 11.8 Å². The van der Waals surface area contributed by atoms with Crippen LogP contribution in [0.5, 0.6) is 0 Å². The molecule has 0 fully saturated rings. The number of hydrogen-bond donors (Lipinski definition) is 1. The Morgan fingerprint density at radius 1 is 1.04 bits per heavy atom. The van der Waals surface area contributed by atoms with E-state index in [1.54, 1.807) is 23.1 Å². The minimum Gasteiger partial charge on any atom is -0.348 e. The van der Waals surface area contributed by atoms with Crippen molar-refractivity contribution >= 4 is 11.7 Å². The molecule has 0 bridgehead atoms. The third-order valence-electron chi connectivity index (χ3n) is 4.89. The first kappa shape index (κ1) is 16.4. The van der Waals surface area contributed by atoms with Crippen LogP contribution in [0.15, 0.2) is 66.9 Å². The molecule has 1 unspecified atom stereocenters. The van der Waals surface area contributed by atoms with Crippen molar-refractivity contribution in [2.24, 2.45) is 0 Å². The zero-order valence-electron chi connectivity index (χ0n) is 14.5. The normalized spacial score (nSPS) is 16.2. The van der Waals surface area contributed by atoms with Crippen LogP contribution in [0.4, 0.5) is 14.9 Å². The fraction of sp³-hybridized carbons (Fsp3) is 0.190. The summed E-state index contributed by atoms with van der Waals surface area (Å²) in [4.78, 5) is 14.7. The average molecular weight is 349 g/mol. The van der Waals surface area contributed by atoms with Gasteiger partial charge < -0.3 is 14.8 Å². The van der Waals surface area contributed by atoms with Gasteiger partial charge in [0, 0.05) is 36.2 Å². The highest BCUT2D eigenvalue weighted by atomic mass is 19.1. The number of urea groups is 1. The first-order valence-corrected chi connectivity index (χ1v) is 8.68. The van der Waals surface area contributed by atoms with Crippen molar-refractivity contribution in [1.82, 2.24) is 9.47 Å². The highest BCUT2D eigenvalue weighted by Crippen LogP contribution is 2.34. The minimum atomic E-state index is -0.455. The number of amides is 2. The molecule has 2 heterocycles. The first-order chi connectivity index (χ1) is 12.6. The van der Waals surface area contributed by atoms with E-state index in [0.29, 0.717) is 18.7 Å². The van der Waals surface area contributed by atoms with Crippen molar-refractivity contribution < 1.29 is 9.18 Å². The van der Waals surface area contributed by atoms with Crippen molar-refractivity contribution in [3.8, 4) is 0 Å². The van der Waals surface area contributed by atoms with Gasteiger partial charge in [0.25, 0.3) is 0 Å². The van der Waals surface area contributed by atoms with Crippen LogP contribution in [0.1, 0.15) is 22.9 Å². The molecule has 26 heavy (non-hydrogen) atoms. The number of anilines is 1. The van der Waals surface area contributed by atoms with Crippen LogP contribution in [0.2, 0.25) is 0 Å². The molecular formula is C21H20FN3O. The lowest BCUT2D eigenvalue weighted by atomic mass is 9.99. The topological polar surface area (TPSA) is 37.3 Å². The second-order valence-electron chi connectivity index (χ2n) is 6.49. The zero-order chi connectivity index (χ0) is 18.1. The molecule has 0 spiro atoms. The zero-order valence-corrected chi connectivity index (χ0v) is 14.5. The van der Waals surface area contributed by atoms with Gasteiger partial charge in [-0.15, -0.1) is 0 Å². The van der Waals surface area contributed by atoms with Crippen LogP contribution in [0.25, 0.3) is 0 Å². The van der Waals surface area contributed by atoms with Crippen LogP contribution in [0.3, 0.4) is 0 Å². The van der Waals surface area contributed by atoms with Crippen LogP contribution in [-0.4, -0.2) is 22.0 Å². The number of rotatable bonds is 2. The van der Waals surface area contributed by atoms with Gasteiger partial charge in [-0.2, -0.15) is 0 Å². The lowest BCUT2D eigenvalue weighted by molar-refractivity contribution is 0.180. The molecule has 1 aliphatic rings. The molecule has 4 rings (SSSR count). The molecule has 0 saturated carbocycles. The second-order valence-corrected chi connectivity index (χ2v) is 6.49. The highest BCUT2D eigenvalue weighted by molar-refractivity contribution is 5.90. The first-order valence-electron chi connectivity index (χ1n) is 8.68. The number of benzene rings is 2. The van der Waals surface area contributed by atoms with Gasteiger partial charge in [-0.3, -0.25) is 0 Å². The molecule has 1 aromatic heterocycles. The van der Waals surface area contributed by atoms with E-state index >= 15 is 0 Å². The Bertz CT molecular complexity index is 950. The molecule has 1 aliphatic heterocycles. The number of carbonyl (C=O) groups excluding carboxylic acids is 1. The van der Waals surface area contributed by atoms with Crippen molar-refractivity contribution in [2.45, 2.75) is 19.5 Å². The van der Waals surface area contributed by atoms with Gasteiger partial charge in [-0.1, -0.05) is 36.4 Å². The van der Waals surface area contributed by atoms with Crippen LogP contribution >= 0.6 is 0 Å². The Morgan fingerprint density at radius 3 is 2.62 bits per heavy atom. The number of aromatic nitrogens is 1. The Hall–Kier alpha value is -3.08. The Labute approximate surface area is 151 Å². The summed E-state index contributed by atoms with van der Waals surface area (Å²) in [5.74, 6) is -0.305. The number of halogens is 1. The number of fused-ring (bicyclic) bond motifs is 1. The lowest BCUT2D eigenvalue weighted by Gasteiger charge is -2.37. The fourth-order valence-corrected chi connectivity index (χ4v) is 3.53. The molecule has 0 radical (unpaired) electrons. The monoisotopic (exact) mass is 349 g/mol. The number of nitrogens with one attached hydrogen (secondary N) is 1. The number of nitrogens with zero attached hydrogens (tertiary/aromatic N) is 2. The molecule has 5 heteroatoms. The summed E-state index contributed by atoms with van der Waals surface area (Å²) in [7, 11) is 0. The number of para-hydroxylation sites is 1. The summed E-state index contributed by atoms with van der Waals surface area (Å²) in [5, 5.41) is 2.98. The molecule has 132 valence electrons. The molecule has 1 atom stereocenters. The van der Waals surface area contributed by atoms with Gasteiger partial charge >= 0.3 is 6.03 Å². The van der Waals surface area contributed by atoms with E-state index in [0.717, 1.165) is 16.9 Å². The van der Waals surface area contributed by atoms with E-state index in [9.17, 15) is 9.18 Å². The van der Waals surface area contributed by atoms with E-state index in [2.05, 4.69) is 9.88 Å². The van der Waals surface area contributed by atoms with Gasteiger partial charge in [-0.05, 0) is 36.8 Å². The average Bonchev–Trinajstić information content (AvgIpc) is 3.12. The van der Waals surface area contributed by atoms with Gasteiger partial charge in [0.15, 0.2) is 0 Å². The quantitative estimate of drug-likeness (QED) is 0.723. The maximum Gasteiger partial charge on any atom is 0.322 e. The molecule has 2 amide bonds. The minimum absolute atomic E-state index is 0.222. The summed E-state index contributed by atoms with van der Waals surface area (Å²) >= 11 is 0. The van der Waals surface area contributed by atoms with Crippen molar-refractivity contribution in [1.29, 1.82) is 0 Å². The number of hydrogen-bond acceptors (Lipinski definition) is 1. The summed E-state index contributed by atoms with van der Waals surface area (Å²) in [5.41, 5.74) is 3.18. The van der Waals surface area contributed by atoms with E-state index < -0.39 is 6.04 Å². The number of aryl methyl sites for hydroxylation is 1. The second kappa shape index (κ2) is 6.67. The maximum absolute atomic E-state index is 14.5.